The van der Waals surface area contributed by atoms with Crippen molar-refractivity contribution in [2.45, 2.75) is 32.1 Å². The number of morpholine rings is 1. The van der Waals surface area contributed by atoms with E-state index in [1.807, 2.05) is 28.0 Å². The molecule has 2 atom stereocenters. The molecule has 1 spiro atoms. The van der Waals surface area contributed by atoms with Gasteiger partial charge in [-0.15, -0.1) is 0 Å². The monoisotopic (exact) mass is 357 g/mol. The van der Waals surface area contributed by atoms with Crippen molar-refractivity contribution in [3.05, 3.63) is 30.1 Å². The Kier molecular flexibility index (Phi) is 4.94. The minimum Gasteiger partial charge on any atom is -0.378 e. The zero-order chi connectivity index (χ0) is 18.0. The lowest BCUT2D eigenvalue weighted by Gasteiger charge is -2.36. The first kappa shape index (κ1) is 17.5. The van der Waals surface area contributed by atoms with E-state index in [0.29, 0.717) is 32.7 Å². The number of carbonyl (C=O) groups is 2. The van der Waals surface area contributed by atoms with Gasteiger partial charge in [0.25, 0.3) is 0 Å². The average Bonchev–Trinajstić information content (AvgIpc) is 3.30. The molecule has 1 aliphatic carbocycles. The Balaban J connectivity index is 1.42. The first-order valence-electron chi connectivity index (χ1n) is 9.72. The zero-order valence-electron chi connectivity index (χ0n) is 15.2. The van der Waals surface area contributed by atoms with Crippen molar-refractivity contribution in [3.63, 3.8) is 0 Å². The summed E-state index contributed by atoms with van der Waals surface area (Å²) in [5.41, 5.74) is 0.792. The maximum absolute atomic E-state index is 13.1. The molecule has 6 nitrogen and oxygen atoms in total. The summed E-state index contributed by atoms with van der Waals surface area (Å²) >= 11 is 0. The van der Waals surface area contributed by atoms with E-state index in [1.165, 1.54) is 0 Å². The summed E-state index contributed by atoms with van der Waals surface area (Å²) in [6.45, 7) is 4.17. The van der Waals surface area contributed by atoms with Crippen molar-refractivity contribution in [2.24, 2.45) is 11.3 Å². The van der Waals surface area contributed by atoms with Gasteiger partial charge in [0.15, 0.2) is 0 Å². The number of carbonyl (C=O) groups excluding carboxylic acids is 2. The summed E-state index contributed by atoms with van der Waals surface area (Å²) in [6, 6.07) is 5.67. The first-order chi connectivity index (χ1) is 12.7. The number of pyridine rings is 1. The lowest BCUT2D eigenvalue weighted by molar-refractivity contribution is -0.143. The molecule has 6 heteroatoms. The quantitative estimate of drug-likeness (QED) is 0.822. The number of hydrogen-bond donors (Lipinski definition) is 0. The fraction of sp³-hybridized carbons (Fsp3) is 0.650. The summed E-state index contributed by atoms with van der Waals surface area (Å²) < 4.78 is 5.38. The van der Waals surface area contributed by atoms with E-state index in [9.17, 15) is 9.59 Å². The van der Waals surface area contributed by atoms with E-state index in [-0.39, 0.29) is 23.1 Å². The van der Waals surface area contributed by atoms with Gasteiger partial charge in [0.1, 0.15) is 0 Å². The van der Waals surface area contributed by atoms with Gasteiger partial charge in [0.2, 0.25) is 11.8 Å². The Hall–Kier alpha value is -1.95. The molecule has 4 rings (SSSR count). The number of aromatic nitrogens is 1. The van der Waals surface area contributed by atoms with Crippen LogP contribution in [-0.4, -0.2) is 66.0 Å². The molecule has 1 aromatic heterocycles. The van der Waals surface area contributed by atoms with Crippen molar-refractivity contribution in [1.29, 1.82) is 0 Å². The van der Waals surface area contributed by atoms with Crippen LogP contribution in [0.3, 0.4) is 0 Å². The van der Waals surface area contributed by atoms with Crippen molar-refractivity contribution in [1.82, 2.24) is 14.8 Å². The molecule has 0 radical (unpaired) electrons. The molecule has 0 bridgehead atoms. The minimum absolute atomic E-state index is 0.0187. The Morgan fingerprint density at radius 1 is 1.15 bits per heavy atom. The molecular formula is C20H27N3O3. The van der Waals surface area contributed by atoms with E-state index in [2.05, 4.69) is 4.98 Å². The third-order valence-electron chi connectivity index (χ3n) is 6.32. The molecule has 2 saturated heterocycles. The molecule has 3 aliphatic rings. The highest BCUT2D eigenvalue weighted by Gasteiger charge is 2.52. The van der Waals surface area contributed by atoms with E-state index in [0.717, 1.165) is 44.5 Å². The zero-order valence-corrected chi connectivity index (χ0v) is 15.2. The number of likely N-dealkylation sites (tertiary alicyclic amines) is 1. The molecule has 26 heavy (non-hydrogen) atoms. The van der Waals surface area contributed by atoms with E-state index >= 15 is 0 Å². The van der Waals surface area contributed by atoms with E-state index < -0.39 is 0 Å². The average molecular weight is 357 g/mol. The van der Waals surface area contributed by atoms with Crippen molar-refractivity contribution in [2.75, 3.05) is 39.4 Å². The Bertz CT molecular complexity index is 660. The summed E-state index contributed by atoms with van der Waals surface area (Å²) in [6.07, 6.45) is 6.12. The predicted molar refractivity (Wildman–Crippen MR) is 96.3 cm³/mol. The largest absolute Gasteiger partial charge is 0.378 e. The van der Waals surface area contributed by atoms with Gasteiger partial charge < -0.3 is 14.5 Å². The van der Waals surface area contributed by atoms with Gasteiger partial charge in [0.05, 0.1) is 19.6 Å². The standard InChI is InChI=1S/C20H27N3O3/c24-18(14-16-4-1-2-8-21-16)23-9-7-20(15-23)6-3-5-17(20)19(25)22-10-12-26-13-11-22/h1-2,4,8,17H,3,5-7,9-15H2/t17-,20+/m1/s1. The van der Waals surface area contributed by atoms with Gasteiger partial charge in [-0.25, -0.2) is 0 Å². The van der Waals surface area contributed by atoms with Crippen LogP contribution in [0.4, 0.5) is 0 Å². The van der Waals surface area contributed by atoms with Crippen LogP contribution in [0.1, 0.15) is 31.4 Å². The fourth-order valence-electron chi connectivity index (χ4n) is 4.89. The molecule has 140 valence electrons. The molecule has 0 aromatic carbocycles. The van der Waals surface area contributed by atoms with E-state index in [1.54, 1.807) is 6.20 Å². The summed E-state index contributed by atoms with van der Waals surface area (Å²) in [4.78, 5) is 34.0. The highest BCUT2D eigenvalue weighted by molar-refractivity contribution is 5.81. The predicted octanol–water partition coefficient (Wildman–Crippen LogP) is 1.50. The Morgan fingerprint density at radius 2 is 2.00 bits per heavy atom. The number of nitrogens with zero attached hydrogens (tertiary/aromatic N) is 3. The fourth-order valence-corrected chi connectivity index (χ4v) is 4.89. The highest BCUT2D eigenvalue weighted by atomic mass is 16.5. The van der Waals surface area contributed by atoms with Crippen LogP contribution in [0.25, 0.3) is 0 Å². The second-order valence-corrected chi connectivity index (χ2v) is 7.81. The molecule has 2 amide bonds. The van der Waals surface area contributed by atoms with Crippen molar-refractivity contribution in [3.8, 4) is 0 Å². The third-order valence-corrected chi connectivity index (χ3v) is 6.32. The first-order valence-corrected chi connectivity index (χ1v) is 9.72. The number of hydrogen-bond acceptors (Lipinski definition) is 4. The lowest BCUT2D eigenvalue weighted by atomic mass is 9.76. The maximum atomic E-state index is 13.1. The Labute approximate surface area is 154 Å². The van der Waals surface area contributed by atoms with Gasteiger partial charge in [-0.1, -0.05) is 12.5 Å². The third kappa shape index (κ3) is 3.34. The number of rotatable bonds is 3. The molecule has 3 heterocycles. The van der Waals surface area contributed by atoms with Crippen molar-refractivity contribution >= 4 is 11.8 Å². The van der Waals surface area contributed by atoms with Crippen LogP contribution >= 0.6 is 0 Å². The van der Waals surface area contributed by atoms with Crippen LogP contribution in [0.15, 0.2) is 24.4 Å². The number of ether oxygens (including phenoxy) is 1. The van der Waals surface area contributed by atoms with Gasteiger partial charge in [-0.05, 0) is 31.4 Å². The molecule has 2 aliphatic heterocycles. The Morgan fingerprint density at radius 3 is 2.77 bits per heavy atom. The SMILES string of the molecule is O=C(Cc1ccccn1)N1CC[C@@]2(CCC[C@@H]2C(=O)N2CCOCC2)C1. The summed E-state index contributed by atoms with van der Waals surface area (Å²) in [5, 5.41) is 0. The maximum Gasteiger partial charge on any atom is 0.228 e. The van der Waals surface area contributed by atoms with Crippen LogP contribution in [-0.2, 0) is 20.7 Å². The van der Waals surface area contributed by atoms with Crippen molar-refractivity contribution < 1.29 is 14.3 Å². The van der Waals surface area contributed by atoms with Crippen LogP contribution in [0.5, 0.6) is 0 Å². The molecule has 0 unspecified atom stereocenters. The lowest BCUT2D eigenvalue weighted by Crippen LogP contribution is -2.47. The highest BCUT2D eigenvalue weighted by Crippen LogP contribution is 2.50. The summed E-state index contributed by atoms with van der Waals surface area (Å²) in [7, 11) is 0. The van der Waals surface area contributed by atoms with Gasteiger partial charge in [0, 0.05) is 49.4 Å². The van der Waals surface area contributed by atoms with Crippen LogP contribution < -0.4 is 0 Å². The number of amides is 2. The van der Waals surface area contributed by atoms with E-state index in [4.69, 9.17) is 4.74 Å². The minimum atomic E-state index is -0.0187. The summed E-state index contributed by atoms with van der Waals surface area (Å²) in [5.74, 6) is 0.475. The molecule has 1 aromatic rings. The smallest absolute Gasteiger partial charge is 0.228 e. The second-order valence-electron chi connectivity index (χ2n) is 7.81. The molecule has 3 fully saturated rings. The van der Waals surface area contributed by atoms with Gasteiger partial charge in [-0.2, -0.15) is 0 Å². The second kappa shape index (κ2) is 7.35. The van der Waals surface area contributed by atoms with Gasteiger partial charge >= 0.3 is 0 Å². The van der Waals surface area contributed by atoms with Crippen LogP contribution in [0, 0.1) is 11.3 Å². The molecule has 1 saturated carbocycles. The van der Waals surface area contributed by atoms with Crippen LogP contribution in [0.2, 0.25) is 0 Å². The van der Waals surface area contributed by atoms with Gasteiger partial charge in [-0.3, -0.25) is 14.6 Å². The topological polar surface area (TPSA) is 62.7 Å². The normalized spacial score (nSPS) is 28.7. The molecular weight excluding hydrogens is 330 g/mol. The molecule has 0 N–H and O–H groups in total.